The second-order valence-corrected chi connectivity index (χ2v) is 4.01. The van der Waals surface area contributed by atoms with Crippen LogP contribution in [0.5, 0.6) is 0 Å². The van der Waals surface area contributed by atoms with E-state index in [0.29, 0.717) is 0 Å². The lowest BCUT2D eigenvalue weighted by molar-refractivity contribution is -0.0814. The van der Waals surface area contributed by atoms with E-state index in [1.165, 1.54) is 6.42 Å². The number of nitrogens with one attached hydrogen (secondary N) is 1. The smallest absolute Gasteiger partial charge is 0.0697 e. The second kappa shape index (κ2) is 4.22. The van der Waals surface area contributed by atoms with Crippen LogP contribution in [0.4, 0.5) is 0 Å². The molecule has 0 spiro atoms. The van der Waals surface area contributed by atoms with Gasteiger partial charge in [0.2, 0.25) is 0 Å². The van der Waals surface area contributed by atoms with E-state index < -0.39 is 0 Å². The summed E-state index contributed by atoms with van der Waals surface area (Å²) in [6.07, 6.45) is 4.50. The first-order chi connectivity index (χ1) is 6.13. The van der Waals surface area contributed by atoms with E-state index in [9.17, 15) is 0 Å². The highest BCUT2D eigenvalue weighted by Crippen LogP contribution is 2.39. The van der Waals surface area contributed by atoms with Crippen LogP contribution in [-0.4, -0.2) is 18.8 Å². The summed E-state index contributed by atoms with van der Waals surface area (Å²) < 4.78 is 5.52. The molecule has 0 aromatic carbocycles. The molecule has 0 heterocycles. The Morgan fingerprint density at radius 2 is 2.31 bits per heavy atom. The van der Waals surface area contributed by atoms with Gasteiger partial charge in [-0.05, 0) is 32.6 Å². The van der Waals surface area contributed by atoms with E-state index in [2.05, 4.69) is 12.0 Å². The van der Waals surface area contributed by atoms with Crippen LogP contribution < -0.4 is 11.3 Å². The quantitative estimate of drug-likeness (QED) is 0.385. The van der Waals surface area contributed by atoms with Gasteiger partial charge in [-0.3, -0.25) is 11.3 Å². The Morgan fingerprint density at radius 3 is 2.54 bits per heavy atom. The van der Waals surface area contributed by atoms with Gasteiger partial charge in [0, 0.05) is 13.2 Å². The van der Waals surface area contributed by atoms with Gasteiger partial charge in [-0.15, -0.1) is 0 Å². The number of methoxy groups -OCH3 is 1. The molecule has 1 atom stereocenters. The molecule has 0 radical (unpaired) electrons. The summed E-state index contributed by atoms with van der Waals surface area (Å²) in [4.78, 5) is 0. The zero-order valence-electron chi connectivity index (χ0n) is 8.60. The molecule has 3 N–H and O–H groups in total. The molecule has 1 aliphatic carbocycles. The van der Waals surface area contributed by atoms with Crippen molar-refractivity contribution in [1.29, 1.82) is 0 Å². The lowest BCUT2D eigenvalue weighted by atomic mass is 9.75. The van der Waals surface area contributed by atoms with Crippen molar-refractivity contribution < 1.29 is 4.74 Å². The van der Waals surface area contributed by atoms with Crippen molar-refractivity contribution in [2.24, 2.45) is 5.84 Å². The van der Waals surface area contributed by atoms with Crippen LogP contribution in [0, 0.1) is 0 Å². The van der Waals surface area contributed by atoms with E-state index in [4.69, 9.17) is 10.6 Å². The average molecular weight is 184 g/mol. The van der Waals surface area contributed by atoms with Gasteiger partial charge < -0.3 is 4.74 Å². The van der Waals surface area contributed by atoms with Crippen molar-refractivity contribution >= 4 is 0 Å². The van der Waals surface area contributed by atoms with Gasteiger partial charge in [0.15, 0.2) is 0 Å². The Labute approximate surface area is 80.3 Å². The molecule has 13 heavy (non-hydrogen) atoms. The normalized spacial score (nSPS) is 22.1. The number of ether oxygens (including phenoxy) is 1. The van der Waals surface area contributed by atoms with Crippen molar-refractivity contribution in [3.05, 3.63) is 12.2 Å². The molecule has 1 saturated carbocycles. The van der Waals surface area contributed by atoms with Crippen LogP contribution in [-0.2, 0) is 4.74 Å². The van der Waals surface area contributed by atoms with E-state index in [-0.39, 0.29) is 11.6 Å². The molecular formula is C10H20N2O. The largest absolute Gasteiger partial charge is 0.378 e. The molecule has 0 amide bonds. The molecule has 3 heteroatoms. The highest BCUT2D eigenvalue weighted by molar-refractivity contribution is 5.06. The molecule has 0 saturated heterocycles. The Morgan fingerprint density at radius 1 is 1.69 bits per heavy atom. The molecule has 1 unspecified atom stereocenters. The van der Waals surface area contributed by atoms with Gasteiger partial charge in [0.1, 0.15) is 0 Å². The zero-order chi connectivity index (χ0) is 9.90. The standard InChI is InChI=1S/C10H20N2O/c1-8(2)9(12-11)7-10(13-3)5-4-6-10/h9,12H,1,4-7,11H2,2-3H3. The predicted molar refractivity (Wildman–Crippen MR) is 54.1 cm³/mol. The maximum atomic E-state index is 5.52. The maximum Gasteiger partial charge on any atom is 0.0697 e. The second-order valence-electron chi connectivity index (χ2n) is 4.01. The molecule has 0 bridgehead atoms. The molecular weight excluding hydrogens is 164 g/mol. The van der Waals surface area contributed by atoms with Crippen LogP contribution in [0.15, 0.2) is 12.2 Å². The average Bonchev–Trinajstić information content (AvgIpc) is 2.03. The molecule has 1 fully saturated rings. The molecule has 3 nitrogen and oxygen atoms in total. The number of hydrogen-bond acceptors (Lipinski definition) is 3. The van der Waals surface area contributed by atoms with E-state index in [1.807, 2.05) is 6.92 Å². The van der Waals surface area contributed by atoms with Gasteiger partial charge in [-0.25, -0.2) is 0 Å². The fourth-order valence-electron chi connectivity index (χ4n) is 1.81. The monoisotopic (exact) mass is 184 g/mol. The maximum absolute atomic E-state index is 5.52. The van der Waals surface area contributed by atoms with E-state index in [1.54, 1.807) is 7.11 Å². The van der Waals surface area contributed by atoms with Crippen molar-refractivity contribution in [3.8, 4) is 0 Å². The first kappa shape index (κ1) is 10.7. The third-order valence-electron chi connectivity index (χ3n) is 3.07. The van der Waals surface area contributed by atoms with E-state index in [0.717, 1.165) is 24.8 Å². The molecule has 0 aromatic rings. The van der Waals surface area contributed by atoms with Crippen LogP contribution in [0.25, 0.3) is 0 Å². The third kappa shape index (κ3) is 2.30. The fourth-order valence-corrected chi connectivity index (χ4v) is 1.81. The minimum Gasteiger partial charge on any atom is -0.378 e. The summed E-state index contributed by atoms with van der Waals surface area (Å²) in [7, 11) is 1.78. The topological polar surface area (TPSA) is 47.3 Å². The minimum absolute atomic E-state index is 0.0655. The fraction of sp³-hybridized carbons (Fsp3) is 0.800. The summed E-state index contributed by atoms with van der Waals surface area (Å²) >= 11 is 0. The Balaban J connectivity index is 2.48. The van der Waals surface area contributed by atoms with Crippen molar-refractivity contribution in [2.45, 2.75) is 44.2 Å². The van der Waals surface area contributed by atoms with Crippen LogP contribution >= 0.6 is 0 Å². The summed E-state index contributed by atoms with van der Waals surface area (Å²) in [6.45, 7) is 5.90. The Hall–Kier alpha value is -0.380. The molecule has 0 aromatic heterocycles. The highest BCUT2D eigenvalue weighted by Gasteiger charge is 2.38. The summed E-state index contributed by atoms with van der Waals surface area (Å²) in [5.74, 6) is 5.45. The molecule has 76 valence electrons. The van der Waals surface area contributed by atoms with Crippen LogP contribution in [0.3, 0.4) is 0 Å². The van der Waals surface area contributed by atoms with Crippen LogP contribution in [0.2, 0.25) is 0 Å². The Kier molecular flexibility index (Phi) is 3.47. The lowest BCUT2D eigenvalue weighted by Crippen LogP contribution is -2.47. The van der Waals surface area contributed by atoms with Crippen molar-refractivity contribution in [2.75, 3.05) is 7.11 Å². The highest BCUT2D eigenvalue weighted by atomic mass is 16.5. The molecule has 1 rings (SSSR count). The van der Waals surface area contributed by atoms with Gasteiger partial charge in [0.05, 0.1) is 5.60 Å². The minimum atomic E-state index is 0.0655. The van der Waals surface area contributed by atoms with Crippen molar-refractivity contribution in [1.82, 2.24) is 5.43 Å². The number of rotatable bonds is 5. The Bertz CT molecular complexity index is 182. The number of nitrogens with two attached hydrogens (primary N) is 1. The van der Waals surface area contributed by atoms with Gasteiger partial charge in [-0.2, -0.15) is 0 Å². The first-order valence-electron chi connectivity index (χ1n) is 4.80. The SMILES string of the molecule is C=C(C)C(CC1(OC)CCC1)NN. The van der Waals surface area contributed by atoms with Crippen LogP contribution in [0.1, 0.15) is 32.6 Å². The zero-order valence-corrected chi connectivity index (χ0v) is 8.60. The van der Waals surface area contributed by atoms with Gasteiger partial charge in [-0.1, -0.05) is 12.2 Å². The van der Waals surface area contributed by atoms with E-state index >= 15 is 0 Å². The van der Waals surface area contributed by atoms with Gasteiger partial charge in [0.25, 0.3) is 0 Å². The molecule has 1 aliphatic rings. The number of hydrogen-bond donors (Lipinski definition) is 2. The first-order valence-corrected chi connectivity index (χ1v) is 4.80. The number of hydrazine groups is 1. The molecule has 0 aliphatic heterocycles. The van der Waals surface area contributed by atoms with Gasteiger partial charge >= 0.3 is 0 Å². The summed E-state index contributed by atoms with van der Waals surface area (Å²) in [5.41, 5.74) is 3.92. The summed E-state index contributed by atoms with van der Waals surface area (Å²) in [6, 6.07) is 0.181. The summed E-state index contributed by atoms with van der Waals surface area (Å²) in [5, 5.41) is 0. The predicted octanol–water partition coefficient (Wildman–Crippen LogP) is 1.35. The third-order valence-corrected chi connectivity index (χ3v) is 3.07. The van der Waals surface area contributed by atoms with Crippen molar-refractivity contribution in [3.63, 3.8) is 0 Å². The lowest BCUT2D eigenvalue weighted by Gasteiger charge is -2.42.